The van der Waals surface area contributed by atoms with Crippen LogP contribution in [0.2, 0.25) is 0 Å². The van der Waals surface area contributed by atoms with Crippen molar-refractivity contribution in [1.29, 1.82) is 0 Å². The number of oxazole rings is 1. The van der Waals surface area contributed by atoms with Crippen molar-refractivity contribution in [3.05, 3.63) is 98.1 Å². The van der Waals surface area contributed by atoms with Crippen LogP contribution in [0.5, 0.6) is 0 Å². The first-order chi connectivity index (χ1) is 15.4. The van der Waals surface area contributed by atoms with E-state index in [1.807, 2.05) is 0 Å². The van der Waals surface area contributed by atoms with E-state index < -0.39 is 5.76 Å². The zero-order chi connectivity index (χ0) is 22.4. The van der Waals surface area contributed by atoms with E-state index in [-0.39, 0.29) is 23.2 Å². The van der Waals surface area contributed by atoms with Crippen LogP contribution in [-0.2, 0) is 13.0 Å². The van der Waals surface area contributed by atoms with Crippen molar-refractivity contribution in [2.24, 2.45) is 0 Å². The number of rotatable bonds is 6. The van der Waals surface area contributed by atoms with Gasteiger partial charge in [0.2, 0.25) is 0 Å². The lowest BCUT2D eigenvalue weighted by atomic mass is 10.1. The number of benzene rings is 2. The van der Waals surface area contributed by atoms with E-state index in [2.05, 4.69) is 5.32 Å². The summed E-state index contributed by atoms with van der Waals surface area (Å²) in [7, 11) is 0. The second-order valence-electron chi connectivity index (χ2n) is 8.06. The number of aryl methyl sites for hydroxylation is 2. The molecule has 5 rings (SSSR count). The van der Waals surface area contributed by atoms with Gasteiger partial charge in [-0.3, -0.25) is 4.79 Å². The van der Waals surface area contributed by atoms with E-state index in [0.717, 1.165) is 5.39 Å². The summed E-state index contributed by atoms with van der Waals surface area (Å²) in [6.07, 6.45) is 2.68. The van der Waals surface area contributed by atoms with E-state index in [9.17, 15) is 18.4 Å². The first-order valence-electron chi connectivity index (χ1n) is 10.5. The summed E-state index contributed by atoms with van der Waals surface area (Å²) in [5.74, 6) is -0.812. The molecule has 1 atom stereocenters. The molecule has 0 saturated carbocycles. The predicted molar refractivity (Wildman–Crippen MR) is 116 cm³/mol. The fourth-order valence-corrected chi connectivity index (χ4v) is 4.30. The van der Waals surface area contributed by atoms with Gasteiger partial charge in [0, 0.05) is 24.6 Å². The Kier molecular flexibility index (Phi) is 5.01. The first-order valence-corrected chi connectivity index (χ1v) is 10.5. The van der Waals surface area contributed by atoms with Gasteiger partial charge in [0.1, 0.15) is 17.4 Å². The normalized spacial score (nSPS) is 15.0. The fourth-order valence-electron chi connectivity index (χ4n) is 4.30. The highest BCUT2D eigenvalue weighted by molar-refractivity contribution is 5.84. The van der Waals surface area contributed by atoms with Crippen LogP contribution in [0.1, 0.15) is 29.3 Å². The molecule has 8 heteroatoms. The standard InChI is InChI=1S/C24H21F2N3O3/c1-14-4-7-16(11-19(14)26)28-12-17(32-24(28)31)3-2-10-27-20-13-29-21(30)9-6-15-5-8-18(25)22(20)23(15)29/h4-9,11-12,20,27H,2-3,10,13H2,1H3/t20-/m1/s1. The highest BCUT2D eigenvalue weighted by Crippen LogP contribution is 2.33. The summed E-state index contributed by atoms with van der Waals surface area (Å²) >= 11 is 0. The minimum absolute atomic E-state index is 0.149. The van der Waals surface area contributed by atoms with Crippen molar-refractivity contribution in [3.63, 3.8) is 0 Å². The topological polar surface area (TPSA) is 69.2 Å². The minimum atomic E-state index is -0.574. The summed E-state index contributed by atoms with van der Waals surface area (Å²) in [4.78, 5) is 24.4. The summed E-state index contributed by atoms with van der Waals surface area (Å²) in [6.45, 7) is 2.56. The van der Waals surface area contributed by atoms with Crippen molar-refractivity contribution in [2.75, 3.05) is 6.54 Å². The maximum Gasteiger partial charge on any atom is 0.423 e. The van der Waals surface area contributed by atoms with Crippen molar-refractivity contribution in [1.82, 2.24) is 14.5 Å². The highest BCUT2D eigenvalue weighted by atomic mass is 19.1. The van der Waals surface area contributed by atoms with Crippen LogP contribution in [0.15, 0.2) is 62.7 Å². The maximum atomic E-state index is 14.5. The molecule has 3 heterocycles. The number of aromatic nitrogens is 2. The molecular formula is C24H21F2N3O3. The van der Waals surface area contributed by atoms with E-state index in [1.165, 1.54) is 22.8 Å². The Labute approximate surface area is 181 Å². The van der Waals surface area contributed by atoms with Crippen LogP contribution in [0.25, 0.3) is 16.6 Å². The molecule has 0 unspecified atom stereocenters. The van der Waals surface area contributed by atoms with Crippen LogP contribution in [-0.4, -0.2) is 15.7 Å². The molecule has 0 bridgehead atoms. The average Bonchev–Trinajstić information content (AvgIpc) is 3.34. The fraction of sp³-hybridized carbons (Fsp3) is 0.250. The molecule has 0 saturated heterocycles. The summed E-state index contributed by atoms with van der Waals surface area (Å²) in [5.41, 5.74) is 1.91. The van der Waals surface area contributed by atoms with Gasteiger partial charge in [-0.05, 0) is 61.2 Å². The Morgan fingerprint density at radius 2 is 1.91 bits per heavy atom. The number of hydrogen-bond acceptors (Lipinski definition) is 4. The molecule has 1 N–H and O–H groups in total. The molecule has 1 aliphatic rings. The van der Waals surface area contributed by atoms with E-state index in [4.69, 9.17) is 4.42 Å². The summed E-state index contributed by atoms with van der Waals surface area (Å²) < 4.78 is 36.5. The van der Waals surface area contributed by atoms with E-state index in [1.54, 1.807) is 42.0 Å². The van der Waals surface area contributed by atoms with Crippen molar-refractivity contribution < 1.29 is 13.2 Å². The SMILES string of the molecule is Cc1ccc(-n2cc(CCCN[C@@H]3Cn4c(=O)ccc5ccc(F)c3c54)oc2=O)cc1F. The van der Waals surface area contributed by atoms with Gasteiger partial charge in [0.05, 0.1) is 23.4 Å². The molecule has 0 radical (unpaired) electrons. The molecular weight excluding hydrogens is 416 g/mol. The Morgan fingerprint density at radius 3 is 2.72 bits per heavy atom. The smallest absolute Gasteiger partial charge is 0.413 e. The summed E-state index contributed by atoms with van der Waals surface area (Å²) in [5, 5.41) is 4.15. The number of nitrogens with zero attached hydrogens (tertiary/aromatic N) is 2. The predicted octanol–water partition coefficient (Wildman–Crippen LogP) is 3.61. The Morgan fingerprint density at radius 1 is 1.09 bits per heavy atom. The second-order valence-corrected chi connectivity index (χ2v) is 8.06. The molecule has 6 nitrogen and oxygen atoms in total. The van der Waals surface area contributed by atoms with Gasteiger partial charge < -0.3 is 14.3 Å². The molecule has 1 aliphatic heterocycles. The minimum Gasteiger partial charge on any atom is -0.413 e. The lowest BCUT2D eigenvalue weighted by Crippen LogP contribution is -2.26. The van der Waals surface area contributed by atoms with E-state index in [0.29, 0.717) is 54.0 Å². The quantitative estimate of drug-likeness (QED) is 0.468. The Balaban J connectivity index is 1.26. The third kappa shape index (κ3) is 3.46. The molecule has 32 heavy (non-hydrogen) atoms. The maximum absolute atomic E-state index is 14.5. The molecule has 2 aromatic heterocycles. The average molecular weight is 437 g/mol. The first kappa shape index (κ1) is 20.4. The van der Waals surface area contributed by atoms with Crippen molar-refractivity contribution in [2.45, 2.75) is 32.4 Å². The molecule has 0 spiro atoms. The number of pyridine rings is 1. The highest BCUT2D eigenvalue weighted by Gasteiger charge is 2.27. The number of hydrogen-bond donors (Lipinski definition) is 1. The number of nitrogens with one attached hydrogen (secondary N) is 1. The van der Waals surface area contributed by atoms with Crippen LogP contribution < -0.4 is 16.6 Å². The lowest BCUT2D eigenvalue weighted by Gasteiger charge is -2.13. The lowest BCUT2D eigenvalue weighted by molar-refractivity contribution is 0.438. The van der Waals surface area contributed by atoms with Crippen LogP contribution in [0.4, 0.5) is 8.78 Å². The zero-order valence-electron chi connectivity index (χ0n) is 17.4. The molecule has 4 aromatic rings. The van der Waals surface area contributed by atoms with Gasteiger partial charge in [-0.25, -0.2) is 18.1 Å². The number of halogens is 2. The zero-order valence-corrected chi connectivity index (χ0v) is 17.4. The van der Waals surface area contributed by atoms with Crippen molar-refractivity contribution >= 4 is 10.9 Å². The molecule has 164 valence electrons. The van der Waals surface area contributed by atoms with Crippen LogP contribution >= 0.6 is 0 Å². The van der Waals surface area contributed by atoms with Gasteiger partial charge >= 0.3 is 5.76 Å². The van der Waals surface area contributed by atoms with Gasteiger partial charge in [-0.2, -0.15) is 0 Å². The Bertz CT molecular complexity index is 1450. The molecule has 0 amide bonds. The largest absolute Gasteiger partial charge is 0.423 e. The molecule has 2 aromatic carbocycles. The summed E-state index contributed by atoms with van der Waals surface area (Å²) in [6, 6.07) is 10.6. The van der Waals surface area contributed by atoms with Gasteiger partial charge in [-0.1, -0.05) is 6.07 Å². The van der Waals surface area contributed by atoms with Gasteiger partial charge in [0.25, 0.3) is 5.56 Å². The van der Waals surface area contributed by atoms with Crippen molar-refractivity contribution in [3.8, 4) is 5.69 Å². The van der Waals surface area contributed by atoms with Gasteiger partial charge in [-0.15, -0.1) is 0 Å². The molecule has 0 aliphatic carbocycles. The third-order valence-corrected chi connectivity index (χ3v) is 5.96. The van der Waals surface area contributed by atoms with E-state index >= 15 is 0 Å². The van der Waals surface area contributed by atoms with Crippen LogP contribution in [0.3, 0.4) is 0 Å². The van der Waals surface area contributed by atoms with Crippen LogP contribution in [0, 0.1) is 18.6 Å². The third-order valence-electron chi connectivity index (χ3n) is 5.96. The van der Waals surface area contributed by atoms with Gasteiger partial charge in [0.15, 0.2) is 0 Å². The Hall–Kier alpha value is -3.52. The monoisotopic (exact) mass is 437 g/mol. The second kappa shape index (κ2) is 7.87. The molecule has 0 fully saturated rings.